The molecule has 1 saturated carbocycles. The molecule has 0 saturated heterocycles. The summed E-state index contributed by atoms with van der Waals surface area (Å²) in [5.74, 6) is 2.27. The summed E-state index contributed by atoms with van der Waals surface area (Å²) in [7, 11) is 3.17. The van der Waals surface area contributed by atoms with Crippen LogP contribution in [0.25, 0.3) is 0 Å². The minimum absolute atomic E-state index is 0.241. The van der Waals surface area contributed by atoms with E-state index in [1.54, 1.807) is 14.2 Å². The molecule has 32 heavy (non-hydrogen) atoms. The summed E-state index contributed by atoms with van der Waals surface area (Å²) in [6.07, 6.45) is 8.79. The average molecular weight is 448 g/mol. The van der Waals surface area contributed by atoms with Gasteiger partial charge in [-0.05, 0) is 37.0 Å². The van der Waals surface area contributed by atoms with E-state index < -0.39 is 12.5 Å². The van der Waals surface area contributed by atoms with Crippen molar-refractivity contribution < 1.29 is 18.3 Å². The largest absolute Gasteiger partial charge is 0.493 e. The van der Waals surface area contributed by atoms with E-state index >= 15 is 0 Å². The van der Waals surface area contributed by atoms with E-state index in [0.29, 0.717) is 23.2 Å². The maximum atomic E-state index is 14.1. The molecule has 2 aromatic rings. The molecular weight excluding hydrogens is 412 g/mol. The van der Waals surface area contributed by atoms with Gasteiger partial charge in [0.15, 0.2) is 11.5 Å². The first-order chi connectivity index (χ1) is 15.6. The molecule has 0 radical (unpaired) electrons. The number of hydrogen-bond donors (Lipinski definition) is 1. The standard InChI is InChI=1S/C25H35F2N3O2/c1-31-22-13-12-18(14-23(22)32-2)19-15-21(25(26)27)30-24(28-19)16-20(29-30)17-10-8-6-4-3-5-7-9-11-17/h12-14,16-17,19,21,25,28H,3-11,15H2,1-2H3. The van der Waals surface area contributed by atoms with Crippen molar-refractivity contribution in [2.24, 2.45) is 0 Å². The summed E-state index contributed by atoms with van der Waals surface area (Å²) in [4.78, 5) is 0. The van der Waals surface area contributed by atoms with Crippen molar-refractivity contribution in [2.75, 3.05) is 19.5 Å². The quantitative estimate of drug-likeness (QED) is 0.543. The van der Waals surface area contributed by atoms with Crippen molar-refractivity contribution in [1.29, 1.82) is 0 Å². The van der Waals surface area contributed by atoms with Crippen molar-refractivity contribution in [3.63, 3.8) is 0 Å². The third kappa shape index (κ3) is 5.02. The van der Waals surface area contributed by atoms with Crippen LogP contribution in [0.3, 0.4) is 0 Å². The van der Waals surface area contributed by atoms with E-state index in [1.807, 2.05) is 24.3 Å². The lowest BCUT2D eigenvalue weighted by molar-refractivity contribution is 0.0655. The zero-order chi connectivity index (χ0) is 22.5. The molecule has 0 bridgehead atoms. The Hall–Kier alpha value is -2.31. The Labute approximate surface area is 189 Å². The fraction of sp³-hybridized carbons (Fsp3) is 0.640. The lowest BCUT2D eigenvalue weighted by Gasteiger charge is -2.32. The lowest BCUT2D eigenvalue weighted by atomic mass is 9.90. The molecule has 7 heteroatoms. The first kappa shape index (κ1) is 22.9. The molecule has 4 rings (SSSR count). The molecule has 1 aromatic carbocycles. The van der Waals surface area contributed by atoms with Crippen LogP contribution in [0.4, 0.5) is 14.6 Å². The number of rotatable bonds is 5. The van der Waals surface area contributed by atoms with Crippen LogP contribution in [-0.4, -0.2) is 30.4 Å². The second kappa shape index (κ2) is 10.5. The van der Waals surface area contributed by atoms with Gasteiger partial charge < -0.3 is 14.8 Å². The highest BCUT2D eigenvalue weighted by molar-refractivity contribution is 5.48. The number of alkyl halides is 2. The van der Waals surface area contributed by atoms with Gasteiger partial charge in [-0.1, -0.05) is 51.0 Å². The second-order valence-corrected chi connectivity index (χ2v) is 9.10. The molecule has 176 valence electrons. The summed E-state index contributed by atoms with van der Waals surface area (Å²) in [6.45, 7) is 0. The highest BCUT2D eigenvalue weighted by atomic mass is 19.3. The summed E-state index contributed by atoms with van der Waals surface area (Å²) >= 11 is 0. The Morgan fingerprint density at radius 1 is 0.938 bits per heavy atom. The molecule has 1 N–H and O–H groups in total. The summed E-state index contributed by atoms with van der Waals surface area (Å²) < 4.78 is 40.5. The highest BCUT2D eigenvalue weighted by Crippen LogP contribution is 2.42. The summed E-state index contributed by atoms with van der Waals surface area (Å²) in [6, 6.07) is 6.43. The van der Waals surface area contributed by atoms with E-state index in [1.165, 1.54) is 49.6 Å². The smallest absolute Gasteiger partial charge is 0.260 e. The van der Waals surface area contributed by atoms with Crippen molar-refractivity contribution >= 4 is 5.82 Å². The van der Waals surface area contributed by atoms with Crippen LogP contribution in [-0.2, 0) is 0 Å². The highest BCUT2D eigenvalue weighted by Gasteiger charge is 2.35. The molecule has 0 amide bonds. The summed E-state index contributed by atoms with van der Waals surface area (Å²) in [5, 5.41) is 8.19. The Kier molecular flexibility index (Phi) is 7.53. The van der Waals surface area contributed by atoms with Crippen LogP contribution in [0, 0.1) is 0 Å². The summed E-state index contributed by atoms with van der Waals surface area (Å²) in [5.41, 5.74) is 1.87. The normalized spacial score (nSPS) is 22.8. The Morgan fingerprint density at radius 2 is 1.59 bits per heavy atom. The zero-order valence-electron chi connectivity index (χ0n) is 19.2. The number of methoxy groups -OCH3 is 2. The van der Waals surface area contributed by atoms with Crippen LogP contribution < -0.4 is 14.8 Å². The SMILES string of the molecule is COc1ccc(C2CC(C(F)F)n3nc(C4CCCCCCCCC4)cc3N2)cc1OC. The van der Waals surface area contributed by atoms with Gasteiger partial charge in [0.2, 0.25) is 0 Å². The van der Waals surface area contributed by atoms with Gasteiger partial charge >= 0.3 is 0 Å². The molecule has 2 heterocycles. The molecule has 2 aliphatic rings. The van der Waals surface area contributed by atoms with Crippen LogP contribution in [0.5, 0.6) is 11.5 Å². The van der Waals surface area contributed by atoms with Crippen LogP contribution in [0.2, 0.25) is 0 Å². The molecule has 5 nitrogen and oxygen atoms in total. The third-order valence-electron chi connectivity index (χ3n) is 6.99. The van der Waals surface area contributed by atoms with Crippen molar-refractivity contribution in [1.82, 2.24) is 9.78 Å². The van der Waals surface area contributed by atoms with Gasteiger partial charge in [0.25, 0.3) is 6.43 Å². The van der Waals surface area contributed by atoms with E-state index in [0.717, 1.165) is 24.1 Å². The van der Waals surface area contributed by atoms with Crippen molar-refractivity contribution in [3.05, 3.63) is 35.5 Å². The average Bonchev–Trinajstić information content (AvgIpc) is 3.25. The van der Waals surface area contributed by atoms with Gasteiger partial charge in [-0.2, -0.15) is 5.10 Å². The number of aromatic nitrogens is 2. The number of fused-ring (bicyclic) bond motifs is 1. The van der Waals surface area contributed by atoms with Gasteiger partial charge in [-0.25, -0.2) is 13.5 Å². The van der Waals surface area contributed by atoms with Crippen molar-refractivity contribution in [2.45, 2.75) is 88.6 Å². The number of benzene rings is 1. The Bertz CT molecular complexity index is 876. The number of hydrogen-bond acceptors (Lipinski definition) is 4. The third-order valence-corrected chi connectivity index (χ3v) is 6.99. The molecule has 2 unspecified atom stereocenters. The van der Waals surface area contributed by atoms with Crippen LogP contribution in [0.15, 0.2) is 24.3 Å². The van der Waals surface area contributed by atoms with Crippen molar-refractivity contribution in [3.8, 4) is 11.5 Å². The molecule has 1 aliphatic carbocycles. The number of nitrogens with zero attached hydrogens (tertiary/aromatic N) is 2. The maximum Gasteiger partial charge on any atom is 0.260 e. The predicted octanol–water partition coefficient (Wildman–Crippen LogP) is 6.87. The van der Waals surface area contributed by atoms with Gasteiger partial charge in [0, 0.05) is 12.0 Å². The van der Waals surface area contributed by atoms with E-state index in [9.17, 15) is 8.78 Å². The Balaban J connectivity index is 1.59. The number of nitrogens with one attached hydrogen (secondary N) is 1. The van der Waals surface area contributed by atoms with Gasteiger partial charge in [0.05, 0.1) is 26.0 Å². The monoisotopic (exact) mass is 447 g/mol. The molecule has 0 spiro atoms. The fourth-order valence-electron chi connectivity index (χ4n) is 5.16. The van der Waals surface area contributed by atoms with Gasteiger partial charge in [0.1, 0.15) is 11.9 Å². The predicted molar refractivity (Wildman–Crippen MR) is 122 cm³/mol. The van der Waals surface area contributed by atoms with E-state index in [-0.39, 0.29) is 12.5 Å². The first-order valence-electron chi connectivity index (χ1n) is 12.0. The van der Waals surface area contributed by atoms with Gasteiger partial charge in [-0.3, -0.25) is 0 Å². The molecule has 1 aromatic heterocycles. The minimum atomic E-state index is -2.48. The molecule has 1 aliphatic heterocycles. The fourth-order valence-corrected chi connectivity index (χ4v) is 5.16. The Morgan fingerprint density at radius 3 is 2.22 bits per heavy atom. The second-order valence-electron chi connectivity index (χ2n) is 9.10. The van der Waals surface area contributed by atoms with Crippen LogP contribution >= 0.6 is 0 Å². The van der Waals surface area contributed by atoms with E-state index in [4.69, 9.17) is 14.6 Å². The number of anilines is 1. The number of halogens is 2. The topological polar surface area (TPSA) is 48.3 Å². The molecular formula is C25H35F2N3O2. The molecule has 2 atom stereocenters. The molecule has 1 fully saturated rings. The zero-order valence-corrected chi connectivity index (χ0v) is 19.2. The first-order valence-corrected chi connectivity index (χ1v) is 12.0. The minimum Gasteiger partial charge on any atom is -0.493 e. The van der Waals surface area contributed by atoms with Crippen LogP contribution in [0.1, 0.15) is 93.5 Å². The number of ether oxygens (including phenoxy) is 2. The maximum absolute atomic E-state index is 14.1. The van der Waals surface area contributed by atoms with E-state index in [2.05, 4.69) is 5.32 Å². The lowest BCUT2D eigenvalue weighted by Crippen LogP contribution is -2.30. The van der Waals surface area contributed by atoms with Gasteiger partial charge in [-0.15, -0.1) is 0 Å².